The standard InChI is InChI=1S/C36H37N7O/c1-4-10-32-38-33-23(2)21-27(19-20-36(3,44)26-11-6-5-7-12-26)37-35(33)43(32)31-18-16-25-22-24(15-17-29(25)31)28-13-8-9-14-30(28)34-39-41-42-40-34/h5-9,11-15,17,21-22,31,44H,4,10,16,18-20H2,1-3H3,(H,39,40,41,42)/t31-,36?/m0/s1. The quantitative estimate of drug-likeness (QED) is 0.192. The van der Waals surface area contributed by atoms with E-state index in [0.29, 0.717) is 18.7 Å². The molecule has 0 fully saturated rings. The van der Waals surface area contributed by atoms with E-state index in [1.165, 1.54) is 11.1 Å². The molecule has 222 valence electrons. The first-order valence-electron chi connectivity index (χ1n) is 15.5. The lowest BCUT2D eigenvalue weighted by Gasteiger charge is -2.24. The lowest BCUT2D eigenvalue weighted by atomic mass is 9.90. The third-order valence-corrected chi connectivity index (χ3v) is 9.04. The summed E-state index contributed by atoms with van der Waals surface area (Å²) in [6.45, 7) is 6.23. The summed E-state index contributed by atoms with van der Waals surface area (Å²) in [6, 6.07) is 27.3. The molecule has 3 aromatic heterocycles. The van der Waals surface area contributed by atoms with E-state index in [-0.39, 0.29) is 6.04 Å². The fraction of sp³-hybridized carbons (Fsp3) is 0.306. The van der Waals surface area contributed by atoms with E-state index in [1.807, 2.05) is 49.4 Å². The molecule has 1 aliphatic rings. The second-order valence-corrected chi connectivity index (χ2v) is 12.2. The summed E-state index contributed by atoms with van der Waals surface area (Å²) in [6.07, 6.45) is 5.17. The number of hydrogen-bond donors (Lipinski definition) is 2. The zero-order valence-electron chi connectivity index (χ0n) is 25.5. The van der Waals surface area contributed by atoms with Gasteiger partial charge in [0.15, 0.2) is 11.5 Å². The first kappa shape index (κ1) is 28.1. The van der Waals surface area contributed by atoms with E-state index in [0.717, 1.165) is 76.2 Å². The predicted octanol–water partition coefficient (Wildman–Crippen LogP) is 6.92. The van der Waals surface area contributed by atoms with Crippen molar-refractivity contribution in [2.24, 2.45) is 0 Å². The smallest absolute Gasteiger partial charge is 0.180 e. The van der Waals surface area contributed by atoms with Gasteiger partial charge in [0, 0.05) is 17.7 Å². The summed E-state index contributed by atoms with van der Waals surface area (Å²) < 4.78 is 2.41. The number of fused-ring (bicyclic) bond motifs is 2. The van der Waals surface area contributed by atoms with Crippen molar-refractivity contribution in [2.75, 3.05) is 0 Å². The van der Waals surface area contributed by atoms with Crippen LogP contribution < -0.4 is 0 Å². The van der Waals surface area contributed by atoms with Gasteiger partial charge in [0.25, 0.3) is 0 Å². The molecule has 0 saturated heterocycles. The molecule has 0 radical (unpaired) electrons. The SMILES string of the molecule is CCCc1nc2c(C)cc(CCC(C)(O)c3ccccc3)nc2n1[C@H]1CCc2cc(-c3ccccc3-c3nnn[nH]3)ccc21. The van der Waals surface area contributed by atoms with Crippen molar-refractivity contribution in [3.63, 3.8) is 0 Å². The van der Waals surface area contributed by atoms with E-state index in [1.54, 1.807) is 0 Å². The van der Waals surface area contributed by atoms with Crippen molar-refractivity contribution in [1.29, 1.82) is 0 Å². The number of hydrogen-bond acceptors (Lipinski definition) is 6. The van der Waals surface area contributed by atoms with Gasteiger partial charge in [-0.15, -0.1) is 5.10 Å². The van der Waals surface area contributed by atoms with Crippen LogP contribution in [0.2, 0.25) is 0 Å². The number of rotatable bonds is 9. The Labute approximate surface area is 257 Å². The second-order valence-electron chi connectivity index (χ2n) is 12.2. The molecule has 0 spiro atoms. The number of H-pyrrole nitrogens is 1. The number of benzene rings is 3. The maximum absolute atomic E-state index is 11.3. The lowest BCUT2D eigenvalue weighted by molar-refractivity contribution is 0.0478. The van der Waals surface area contributed by atoms with Gasteiger partial charge in [-0.2, -0.15) is 0 Å². The van der Waals surface area contributed by atoms with E-state index >= 15 is 0 Å². The van der Waals surface area contributed by atoms with Gasteiger partial charge in [-0.1, -0.05) is 79.7 Å². The van der Waals surface area contributed by atoms with E-state index in [4.69, 9.17) is 9.97 Å². The maximum Gasteiger partial charge on any atom is 0.180 e. The van der Waals surface area contributed by atoms with Crippen LogP contribution in [0.5, 0.6) is 0 Å². The van der Waals surface area contributed by atoms with Crippen molar-refractivity contribution in [3.05, 3.63) is 113 Å². The summed E-state index contributed by atoms with van der Waals surface area (Å²) in [7, 11) is 0. The minimum atomic E-state index is -0.926. The third kappa shape index (κ3) is 5.09. The van der Waals surface area contributed by atoms with E-state index < -0.39 is 5.60 Å². The van der Waals surface area contributed by atoms with Crippen LogP contribution in [0.1, 0.15) is 72.9 Å². The molecule has 8 nitrogen and oxygen atoms in total. The van der Waals surface area contributed by atoms with Crippen LogP contribution in [0.15, 0.2) is 78.9 Å². The predicted molar refractivity (Wildman–Crippen MR) is 172 cm³/mol. The Morgan fingerprint density at radius 2 is 1.75 bits per heavy atom. The Morgan fingerprint density at radius 1 is 0.955 bits per heavy atom. The molecule has 0 bridgehead atoms. The Kier molecular flexibility index (Phi) is 7.30. The van der Waals surface area contributed by atoms with Crippen LogP contribution in [0.4, 0.5) is 0 Å². The number of nitrogens with zero attached hydrogens (tertiary/aromatic N) is 6. The van der Waals surface area contributed by atoms with Crippen molar-refractivity contribution < 1.29 is 5.11 Å². The second kappa shape index (κ2) is 11.4. The number of pyridine rings is 1. The number of aromatic nitrogens is 7. The van der Waals surface area contributed by atoms with E-state index in [2.05, 4.69) is 75.4 Å². The molecule has 6 aromatic rings. The normalized spacial score (nSPS) is 15.9. The largest absolute Gasteiger partial charge is 0.385 e. The Balaban J connectivity index is 1.25. The molecule has 7 rings (SSSR count). The molecule has 2 atom stereocenters. The molecule has 1 aliphatic carbocycles. The zero-order valence-corrected chi connectivity index (χ0v) is 25.5. The molecule has 1 unspecified atom stereocenters. The van der Waals surface area contributed by atoms with Crippen LogP contribution in [0.3, 0.4) is 0 Å². The molecule has 0 amide bonds. The highest BCUT2D eigenvalue weighted by molar-refractivity contribution is 5.81. The molecule has 3 aromatic carbocycles. The lowest BCUT2D eigenvalue weighted by Crippen LogP contribution is -2.22. The minimum Gasteiger partial charge on any atom is -0.385 e. The molecule has 0 aliphatic heterocycles. The number of nitrogens with one attached hydrogen (secondary N) is 1. The van der Waals surface area contributed by atoms with Crippen molar-refractivity contribution >= 4 is 11.2 Å². The molecule has 0 saturated carbocycles. The van der Waals surface area contributed by atoms with Gasteiger partial charge in [-0.25, -0.2) is 15.1 Å². The van der Waals surface area contributed by atoms with Gasteiger partial charge >= 0.3 is 0 Å². The monoisotopic (exact) mass is 583 g/mol. The van der Waals surface area contributed by atoms with Gasteiger partial charge in [0.2, 0.25) is 0 Å². The van der Waals surface area contributed by atoms with Crippen molar-refractivity contribution in [1.82, 2.24) is 35.2 Å². The highest BCUT2D eigenvalue weighted by Gasteiger charge is 2.30. The van der Waals surface area contributed by atoms with Crippen LogP contribution in [0.25, 0.3) is 33.7 Å². The Bertz CT molecular complexity index is 1930. The summed E-state index contributed by atoms with van der Waals surface area (Å²) in [5.74, 6) is 1.76. The van der Waals surface area contributed by atoms with Gasteiger partial charge in [-0.05, 0) is 95.8 Å². The number of aliphatic hydroxyl groups is 1. The van der Waals surface area contributed by atoms with Crippen molar-refractivity contribution in [2.45, 2.75) is 70.9 Å². The zero-order chi connectivity index (χ0) is 30.3. The van der Waals surface area contributed by atoms with Gasteiger partial charge in [-0.3, -0.25) is 0 Å². The van der Waals surface area contributed by atoms with Gasteiger partial charge < -0.3 is 9.67 Å². The van der Waals surface area contributed by atoms with Gasteiger partial charge in [0.1, 0.15) is 11.3 Å². The van der Waals surface area contributed by atoms with Gasteiger partial charge in [0.05, 0.1) is 11.6 Å². The minimum absolute atomic E-state index is 0.175. The summed E-state index contributed by atoms with van der Waals surface area (Å²) in [5, 5.41) is 25.9. The number of aromatic amines is 1. The molecular formula is C36H37N7O. The van der Waals surface area contributed by atoms with Crippen LogP contribution in [-0.4, -0.2) is 40.3 Å². The highest BCUT2D eigenvalue weighted by Crippen LogP contribution is 2.41. The fourth-order valence-corrected chi connectivity index (χ4v) is 6.74. The topological polar surface area (TPSA) is 105 Å². The summed E-state index contributed by atoms with van der Waals surface area (Å²) >= 11 is 0. The molecule has 44 heavy (non-hydrogen) atoms. The van der Waals surface area contributed by atoms with E-state index in [9.17, 15) is 5.11 Å². The summed E-state index contributed by atoms with van der Waals surface area (Å²) in [4.78, 5) is 10.4. The molecule has 2 N–H and O–H groups in total. The first-order chi connectivity index (χ1) is 21.4. The van der Waals surface area contributed by atoms with Crippen LogP contribution >= 0.6 is 0 Å². The average Bonchev–Trinajstić information content (AvgIpc) is 3.80. The number of tetrazole rings is 1. The number of aryl methyl sites for hydroxylation is 4. The molecule has 3 heterocycles. The maximum atomic E-state index is 11.3. The van der Waals surface area contributed by atoms with Crippen LogP contribution in [0, 0.1) is 6.92 Å². The third-order valence-electron chi connectivity index (χ3n) is 9.04. The fourth-order valence-electron chi connectivity index (χ4n) is 6.74. The molecule has 8 heteroatoms. The van der Waals surface area contributed by atoms with Crippen molar-refractivity contribution in [3.8, 4) is 22.5 Å². The first-order valence-corrected chi connectivity index (χ1v) is 15.5. The summed E-state index contributed by atoms with van der Waals surface area (Å²) in [5.41, 5.74) is 9.98. The average molecular weight is 584 g/mol. The Morgan fingerprint density at radius 3 is 2.52 bits per heavy atom. The Hall–Kier alpha value is -4.69. The molecular weight excluding hydrogens is 546 g/mol. The highest BCUT2D eigenvalue weighted by atomic mass is 16.3. The number of imidazole rings is 1. The van der Waals surface area contributed by atoms with Crippen LogP contribution in [-0.2, 0) is 24.9 Å².